The molecule has 1 aromatic rings. The highest BCUT2D eigenvalue weighted by Crippen LogP contribution is 2.27. The lowest BCUT2D eigenvalue weighted by atomic mass is 9.86. The predicted molar refractivity (Wildman–Crippen MR) is 111 cm³/mol. The summed E-state index contributed by atoms with van der Waals surface area (Å²) in [6.07, 6.45) is 5.86. The van der Waals surface area contributed by atoms with Gasteiger partial charge in [-0.15, -0.1) is 0 Å². The molecule has 0 bridgehead atoms. The third kappa shape index (κ3) is 4.87. The van der Waals surface area contributed by atoms with Crippen LogP contribution in [-0.2, 0) is 10.0 Å². The monoisotopic (exact) mass is 407 g/mol. The lowest BCUT2D eigenvalue weighted by molar-refractivity contribution is 0.154. The van der Waals surface area contributed by atoms with Crippen LogP contribution < -0.4 is 5.32 Å². The molecule has 1 aliphatic carbocycles. The largest absolute Gasteiger partial charge is 0.335 e. The Balaban J connectivity index is 1.52. The van der Waals surface area contributed by atoms with E-state index in [1.807, 2.05) is 31.0 Å². The van der Waals surface area contributed by atoms with E-state index in [4.69, 9.17) is 0 Å². The summed E-state index contributed by atoms with van der Waals surface area (Å²) in [5, 5.41) is 3.12. The molecule has 1 saturated carbocycles. The number of rotatable bonds is 4. The molecule has 1 saturated heterocycles. The third-order valence-corrected chi connectivity index (χ3v) is 8.13. The SMILES string of the molecule is Cc1ccc(S(=O)(=O)N2CCC(NC(=O)N(C)C3CCCC(C)C3)CC2)cc1. The molecule has 1 heterocycles. The number of aryl methyl sites for hydroxylation is 1. The van der Waals surface area contributed by atoms with Gasteiger partial charge in [-0.3, -0.25) is 0 Å². The van der Waals surface area contributed by atoms with E-state index in [1.165, 1.54) is 17.1 Å². The number of nitrogens with one attached hydrogen (secondary N) is 1. The first-order chi connectivity index (χ1) is 13.3. The summed E-state index contributed by atoms with van der Waals surface area (Å²) in [4.78, 5) is 14.8. The summed E-state index contributed by atoms with van der Waals surface area (Å²) < 4.78 is 27.1. The Morgan fingerprint density at radius 1 is 1.11 bits per heavy atom. The number of benzene rings is 1. The van der Waals surface area contributed by atoms with Gasteiger partial charge in [0, 0.05) is 32.2 Å². The minimum atomic E-state index is -3.46. The molecule has 1 aliphatic heterocycles. The summed E-state index contributed by atoms with van der Waals surface area (Å²) in [7, 11) is -1.58. The van der Waals surface area contributed by atoms with E-state index in [1.54, 1.807) is 12.1 Å². The van der Waals surface area contributed by atoms with Crippen LogP contribution in [-0.4, -0.2) is 55.9 Å². The van der Waals surface area contributed by atoms with Gasteiger partial charge in [-0.05, 0) is 50.7 Å². The highest BCUT2D eigenvalue weighted by molar-refractivity contribution is 7.89. The van der Waals surface area contributed by atoms with Crippen molar-refractivity contribution >= 4 is 16.1 Å². The predicted octanol–water partition coefficient (Wildman–Crippen LogP) is 3.37. The molecule has 2 unspecified atom stereocenters. The maximum absolute atomic E-state index is 12.8. The second-order valence-electron chi connectivity index (χ2n) is 8.48. The summed E-state index contributed by atoms with van der Waals surface area (Å²) in [5.41, 5.74) is 1.04. The molecular weight excluding hydrogens is 374 g/mol. The number of nitrogens with zero attached hydrogens (tertiary/aromatic N) is 2. The number of carbonyl (C=O) groups is 1. The number of hydrogen-bond donors (Lipinski definition) is 1. The zero-order valence-corrected chi connectivity index (χ0v) is 18.0. The van der Waals surface area contributed by atoms with E-state index in [2.05, 4.69) is 12.2 Å². The van der Waals surface area contributed by atoms with Crippen LogP contribution in [0.3, 0.4) is 0 Å². The summed E-state index contributed by atoms with van der Waals surface area (Å²) in [5.74, 6) is 0.671. The Bertz CT molecular complexity index is 771. The van der Waals surface area contributed by atoms with Gasteiger partial charge in [0.2, 0.25) is 10.0 Å². The third-order valence-electron chi connectivity index (χ3n) is 6.22. The zero-order chi connectivity index (χ0) is 20.3. The maximum atomic E-state index is 12.8. The molecule has 6 nitrogen and oxygen atoms in total. The molecule has 2 fully saturated rings. The van der Waals surface area contributed by atoms with E-state index >= 15 is 0 Å². The van der Waals surface area contributed by atoms with Crippen molar-refractivity contribution in [2.75, 3.05) is 20.1 Å². The Morgan fingerprint density at radius 3 is 2.36 bits per heavy atom. The standard InChI is InChI=1S/C21H33N3O3S/c1-16-7-9-20(10-8-16)28(26,27)24-13-11-18(12-14-24)22-21(25)23(3)19-6-4-5-17(2)15-19/h7-10,17-19H,4-6,11-15H2,1-3H3,(H,22,25). The molecule has 0 spiro atoms. The Kier molecular flexibility index (Phi) is 6.65. The molecule has 0 aromatic heterocycles. The van der Waals surface area contributed by atoms with Crippen LogP contribution in [0.2, 0.25) is 0 Å². The van der Waals surface area contributed by atoms with Crippen LogP contribution >= 0.6 is 0 Å². The smallest absolute Gasteiger partial charge is 0.317 e. The highest BCUT2D eigenvalue weighted by Gasteiger charge is 2.31. The number of piperidine rings is 1. The molecule has 2 aliphatic rings. The average Bonchev–Trinajstić information content (AvgIpc) is 2.68. The van der Waals surface area contributed by atoms with Crippen LogP contribution in [0.15, 0.2) is 29.2 Å². The van der Waals surface area contributed by atoms with E-state index in [0.29, 0.717) is 42.8 Å². The van der Waals surface area contributed by atoms with Crippen molar-refractivity contribution in [3.05, 3.63) is 29.8 Å². The minimum absolute atomic E-state index is 0.0282. The molecular formula is C21H33N3O3S. The van der Waals surface area contributed by atoms with Crippen molar-refractivity contribution in [1.82, 2.24) is 14.5 Å². The van der Waals surface area contributed by atoms with Gasteiger partial charge in [-0.2, -0.15) is 4.31 Å². The van der Waals surface area contributed by atoms with Gasteiger partial charge in [0.25, 0.3) is 0 Å². The molecule has 0 radical (unpaired) electrons. The molecule has 1 aromatic carbocycles. The minimum Gasteiger partial charge on any atom is -0.335 e. The lowest BCUT2D eigenvalue weighted by Crippen LogP contribution is -2.51. The molecule has 3 rings (SSSR count). The second-order valence-corrected chi connectivity index (χ2v) is 10.4. The normalized spacial score (nSPS) is 24.7. The van der Waals surface area contributed by atoms with Gasteiger partial charge in [-0.25, -0.2) is 13.2 Å². The van der Waals surface area contributed by atoms with Gasteiger partial charge in [0.05, 0.1) is 4.90 Å². The summed E-state index contributed by atoms with van der Waals surface area (Å²) >= 11 is 0. The first-order valence-corrected chi connectivity index (χ1v) is 11.8. The van der Waals surface area contributed by atoms with Crippen molar-refractivity contribution < 1.29 is 13.2 Å². The highest BCUT2D eigenvalue weighted by atomic mass is 32.2. The summed E-state index contributed by atoms with van der Waals surface area (Å²) in [6.45, 7) is 5.06. The van der Waals surface area contributed by atoms with Crippen molar-refractivity contribution in [3.8, 4) is 0 Å². The van der Waals surface area contributed by atoms with Crippen molar-refractivity contribution in [2.45, 2.75) is 69.4 Å². The van der Waals surface area contributed by atoms with Crippen molar-refractivity contribution in [3.63, 3.8) is 0 Å². The first kappa shape index (κ1) is 21.1. The Hall–Kier alpha value is -1.60. The van der Waals surface area contributed by atoms with Gasteiger partial charge < -0.3 is 10.2 Å². The van der Waals surface area contributed by atoms with Gasteiger partial charge in [0.1, 0.15) is 0 Å². The number of urea groups is 1. The zero-order valence-electron chi connectivity index (χ0n) is 17.2. The average molecular weight is 408 g/mol. The summed E-state index contributed by atoms with van der Waals surface area (Å²) in [6, 6.07) is 7.28. The fraction of sp³-hybridized carbons (Fsp3) is 0.667. The van der Waals surface area contributed by atoms with Crippen LogP contribution in [0.1, 0.15) is 51.0 Å². The molecule has 156 valence electrons. The van der Waals surface area contributed by atoms with Crippen LogP contribution in [0.5, 0.6) is 0 Å². The van der Waals surface area contributed by atoms with Crippen LogP contribution in [0.25, 0.3) is 0 Å². The Labute approximate surface area is 169 Å². The quantitative estimate of drug-likeness (QED) is 0.832. The van der Waals surface area contributed by atoms with Crippen LogP contribution in [0, 0.1) is 12.8 Å². The van der Waals surface area contributed by atoms with E-state index in [0.717, 1.165) is 18.4 Å². The van der Waals surface area contributed by atoms with Gasteiger partial charge >= 0.3 is 6.03 Å². The van der Waals surface area contributed by atoms with Crippen molar-refractivity contribution in [1.29, 1.82) is 0 Å². The van der Waals surface area contributed by atoms with Crippen molar-refractivity contribution in [2.24, 2.45) is 5.92 Å². The topological polar surface area (TPSA) is 69.7 Å². The van der Waals surface area contributed by atoms with E-state index in [-0.39, 0.29) is 12.1 Å². The number of sulfonamides is 1. The lowest BCUT2D eigenvalue weighted by Gasteiger charge is -2.36. The van der Waals surface area contributed by atoms with Crippen LogP contribution in [0.4, 0.5) is 4.79 Å². The number of amides is 2. The van der Waals surface area contributed by atoms with E-state index < -0.39 is 10.0 Å². The fourth-order valence-electron chi connectivity index (χ4n) is 4.30. The van der Waals surface area contributed by atoms with Gasteiger partial charge in [-0.1, -0.05) is 37.5 Å². The first-order valence-electron chi connectivity index (χ1n) is 10.4. The molecule has 2 atom stereocenters. The van der Waals surface area contributed by atoms with Gasteiger partial charge in [0.15, 0.2) is 0 Å². The fourth-order valence-corrected chi connectivity index (χ4v) is 5.77. The molecule has 2 amide bonds. The molecule has 1 N–H and O–H groups in total. The maximum Gasteiger partial charge on any atom is 0.317 e. The number of carbonyl (C=O) groups excluding carboxylic acids is 1. The molecule has 28 heavy (non-hydrogen) atoms. The molecule has 7 heteroatoms. The van der Waals surface area contributed by atoms with E-state index in [9.17, 15) is 13.2 Å². The Morgan fingerprint density at radius 2 is 1.75 bits per heavy atom. The number of hydrogen-bond acceptors (Lipinski definition) is 3. The second kappa shape index (κ2) is 8.82.